The molecule has 0 bridgehead atoms. The summed E-state index contributed by atoms with van der Waals surface area (Å²) < 4.78 is 40.4. The molecule has 0 spiro atoms. The maximum atomic E-state index is 13.3. The van der Waals surface area contributed by atoms with E-state index in [0.29, 0.717) is 12.1 Å². The zero-order chi connectivity index (χ0) is 15.5. The molecule has 0 aliphatic carbocycles. The van der Waals surface area contributed by atoms with Gasteiger partial charge >= 0.3 is 0 Å². The van der Waals surface area contributed by atoms with Crippen molar-refractivity contribution in [3.8, 4) is 0 Å². The fourth-order valence-corrected chi connectivity index (χ4v) is 3.43. The molecule has 0 saturated heterocycles. The summed E-state index contributed by atoms with van der Waals surface area (Å²) in [4.78, 5) is 0.139. The minimum Gasteiger partial charge on any atom is -0.316 e. The third kappa shape index (κ3) is 3.93. The van der Waals surface area contributed by atoms with Gasteiger partial charge in [0.05, 0.1) is 10.6 Å². The van der Waals surface area contributed by atoms with Gasteiger partial charge in [0.15, 0.2) is 0 Å². The van der Waals surface area contributed by atoms with E-state index in [9.17, 15) is 12.8 Å². The van der Waals surface area contributed by atoms with Gasteiger partial charge in [-0.2, -0.15) is 0 Å². The Kier molecular flexibility index (Phi) is 4.82. The average molecular weight is 329 g/mol. The molecule has 0 radical (unpaired) electrons. The smallest absolute Gasteiger partial charge is 0.262 e. The van der Waals surface area contributed by atoms with E-state index in [1.165, 1.54) is 12.1 Å². The fourth-order valence-electron chi connectivity index (χ4n) is 1.93. The van der Waals surface area contributed by atoms with Gasteiger partial charge in [0.25, 0.3) is 10.0 Å². The first-order valence-corrected chi connectivity index (χ1v) is 8.00. The van der Waals surface area contributed by atoms with Gasteiger partial charge in [-0.15, -0.1) is 0 Å². The minimum absolute atomic E-state index is 0.0826. The number of nitrogens with one attached hydrogen (secondary N) is 2. The molecule has 0 fully saturated rings. The summed E-state index contributed by atoms with van der Waals surface area (Å²) in [6.07, 6.45) is 0. The highest BCUT2D eigenvalue weighted by atomic mass is 35.5. The molecule has 0 amide bonds. The highest BCUT2D eigenvalue weighted by Crippen LogP contribution is 2.23. The van der Waals surface area contributed by atoms with Crippen LogP contribution in [0.25, 0.3) is 0 Å². The van der Waals surface area contributed by atoms with Gasteiger partial charge in [0.1, 0.15) is 5.82 Å². The van der Waals surface area contributed by atoms with Crippen LogP contribution in [-0.4, -0.2) is 15.5 Å². The molecule has 112 valence electrons. The van der Waals surface area contributed by atoms with Crippen LogP contribution in [0.4, 0.5) is 10.1 Å². The van der Waals surface area contributed by atoms with Gasteiger partial charge in [0.2, 0.25) is 0 Å². The Balaban J connectivity index is 2.38. The SMILES string of the molecule is CNCc1ccccc1S(=O)(=O)Nc1cc(F)cc(Cl)c1. The Morgan fingerprint density at radius 1 is 1.19 bits per heavy atom. The molecule has 0 aliphatic heterocycles. The van der Waals surface area contributed by atoms with Crippen molar-refractivity contribution in [1.82, 2.24) is 5.32 Å². The van der Waals surface area contributed by atoms with Gasteiger partial charge in [-0.25, -0.2) is 12.8 Å². The third-order valence-corrected chi connectivity index (χ3v) is 4.44. The lowest BCUT2D eigenvalue weighted by Gasteiger charge is -2.12. The zero-order valence-corrected chi connectivity index (χ0v) is 12.8. The van der Waals surface area contributed by atoms with Crippen molar-refractivity contribution >= 4 is 27.3 Å². The molecular weight excluding hydrogens is 315 g/mol. The van der Waals surface area contributed by atoms with E-state index in [4.69, 9.17) is 11.6 Å². The van der Waals surface area contributed by atoms with Gasteiger partial charge in [-0.05, 0) is 36.9 Å². The summed E-state index contributed by atoms with van der Waals surface area (Å²) in [6.45, 7) is 0.404. The second-order valence-electron chi connectivity index (χ2n) is 4.40. The number of hydrogen-bond acceptors (Lipinski definition) is 3. The Morgan fingerprint density at radius 3 is 2.57 bits per heavy atom. The zero-order valence-electron chi connectivity index (χ0n) is 11.2. The Bertz CT molecular complexity index is 730. The average Bonchev–Trinajstić information content (AvgIpc) is 2.37. The lowest BCUT2D eigenvalue weighted by molar-refractivity contribution is 0.599. The summed E-state index contributed by atoms with van der Waals surface area (Å²) >= 11 is 5.72. The van der Waals surface area contributed by atoms with Crippen molar-refractivity contribution in [2.24, 2.45) is 0 Å². The third-order valence-electron chi connectivity index (χ3n) is 2.74. The normalized spacial score (nSPS) is 11.4. The van der Waals surface area contributed by atoms with E-state index < -0.39 is 15.8 Å². The molecule has 2 N–H and O–H groups in total. The van der Waals surface area contributed by atoms with Crippen molar-refractivity contribution in [2.45, 2.75) is 11.4 Å². The molecule has 0 atom stereocenters. The molecule has 0 unspecified atom stereocenters. The molecule has 0 saturated carbocycles. The van der Waals surface area contributed by atoms with E-state index in [1.54, 1.807) is 25.2 Å². The molecule has 7 heteroatoms. The summed E-state index contributed by atoms with van der Waals surface area (Å²) in [5, 5.41) is 3.03. The van der Waals surface area contributed by atoms with E-state index >= 15 is 0 Å². The van der Waals surface area contributed by atoms with Crippen LogP contribution in [0.3, 0.4) is 0 Å². The van der Waals surface area contributed by atoms with Crippen LogP contribution in [0.5, 0.6) is 0 Å². The van der Waals surface area contributed by atoms with Crippen molar-refractivity contribution in [2.75, 3.05) is 11.8 Å². The molecule has 4 nitrogen and oxygen atoms in total. The van der Waals surface area contributed by atoms with Gasteiger partial charge in [-0.1, -0.05) is 29.8 Å². The maximum Gasteiger partial charge on any atom is 0.262 e. The molecular formula is C14H14ClFN2O2S. The van der Waals surface area contributed by atoms with E-state index in [2.05, 4.69) is 10.0 Å². The van der Waals surface area contributed by atoms with Crippen molar-refractivity contribution in [3.05, 3.63) is 58.9 Å². The molecule has 2 aromatic carbocycles. The van der Waals surface area contributed by atoms with Crippen LogP contribution < -0.4 is 10.0 Å². The topological polar surface area (TPSA) is 58.2 Å². The molecule has 2 rings (SSSR count). The highest BCUT2D eigenvalue weighted by Gasteiger charge is 2.18. The lowest BCUT2D eigenvalue weighted by Crippen LogP contribution is -2.17. The van der Waals surface area contributed by atoms with Crippen LogP contribution in [-0.2, 0) is 16.6 Å². The van der Waals surface area contributed by atoms with Gasteiger partial charge in [0, 0.05) is 11.6 Å². The molecule has 0 aliphatic rings. The van der Waals surface area contributed by atoms with Gasteiger partial charge < -0.3 is 5.32 Å². The first kappa shape index (κ1) is 15.8. The van der Waals surface area contributed by atoms with Crippen LogP contribution in [0, 0.1) is 5.82 Å². The molecule has 0 aromatic heterocycles. The van der Waals surface area contributed by atoms with Crippen molar-refractivity contribution in [3.63, 3.8) is 0 Å². The highest BCUT2D eigenvalue weighted by molar-refractivity contribution is 7.92. The number of halogens is 2. The van der Waals surface area contributed by atoms with E-state index in [1.807, 2.05) is 0 Å². The standard InChI is InChI=1S/C14H14ClFN2O2S/c1-17-9-10-4-2-3-5-14(10)21(19,20)18-13-7-11(15)6-12(16)8-13/h2-8,17-18H,9H2,1H3. The predicted octanol–water partition coefficient (Wildman–Crippen LogP) is 3.00. The second kappa shape index (κ2) is 6.43. The second-order valence-corrected chi connectivity index (χ2v) is 6.49. The van der Waals surface area contributed by atoms with Crippen LogP contribution in [0.15, 0.2) is 47.4 Å². The molecule has 21 heavy (non-hydrogen) atoms. The van der Waals surface area contributed by atoms with Crippen LogP contribution in [0.2, 0.25) is 5.02 Å². The van der Waals surface area contributed by atoms with Crippen LogP contribution in [0.1, 0.15) is 5.56 Å². The summed E-state index contributed by atoms with van der Waals surface area (Å²) in [7, 11) is -2.09. The van der Waals surface area contributed by atoms with Crippen molar-refractivity contribution in [1.29, 1.82) is 0 Å². The number of rotatable bonds is 5. The monoisotopic (exact) mass is 328 g/mol. The molecule has 0 heterocycles. The Labute approximate surface area is 128 Å². The summed E-state index contributed by atoms with van der Waals surface area (Å²) in [5.41, 5.74) is 0.703. The quantitative estimate of drug-likeness (QED) is 0.887. The lowest BCUT2D eigenvalue weighted by atomic mass is 10.2. The van der Waals surface area contributed by atoms with Crippen molar-refractivity contribution < 1.29 is 12.8 Å². The van der Waals surface area contributed by atoms with E-state index in [0.717, 1.165) is 12.1 Å². The Hall–Kier alpha value is -1.63. The van der Waals surface area contributed by atoms with Gasteiger partial charge in [-0.3, -0.25) is 4.72 Å². The fraction of sp³-hybridized carbons (Fsp3) is 0.143. The number of benzene rings is 2. The predicted molar refractivity (Wildman–Crippen MR) is 81.4 cm³/mol. The number of hydrogen-bond donors (Lipinski definition) is 2. The number of sulfonamides is 1. The maximum absolute atomic E-state index is 13.3. The largest absolute Gasteiger partial charge is 0.316 e. The minimum atomic E-state index is -3.82. The molecule has 2 aromatic rings. The summed E-state index contributed by atoms with van der Waals surface area (Å²) in [5.74, 6) is -0.608. The number of anilines is 1. The first-order valence-electron chi connectivity index (χ1n) is 6.14. The van der Waals surface area contributed by atoms with Crippen LogP contribution >= 0.6 is 11.6 Å². The first-order chi connectivity index (χ1) is 9.92. The summed E-state index contributed by atoms with van der Waals surface area (Å²) in [6, 6.07) is 10.1. The van der Waals surface area contributed by atoms with E-state index in [-0.39, 0.29) is 15.6 Å². The Morgan fingerprint density at radius 2 is 1.90 bits per heavy atom.